The van der Waals surface area contributed by atoms with Crippen LogP contribution in [0.3, 0.4) is 0 Å². The summed E-state index contributed by atoms with van der Waals surface area (Å²) in [7, 11) is 0. The van der Waals surface area contributed by atoms with Crippen LogP contribution in [0.1, 0.15) is 75.7 Å². The topological polar surface area (TPSA) is 39.7 Å². The molecule has 254 valence electrons. The van der Waals surface area contributed by atoms with Crippen molar-refractivity contribution in [3.63, 3.8) is 0 Å². The standard InChI is InChI=1S/C45H48N4S/c1-4-15-31(16-5-1)34-21-14-22-35(29-34)36-27-28-38(49-39-23-10-12-25-41(39)50-42-26-13-11-24-40(42)49)37(30-36)45-47-43(32-17-6-2-7-18-32)46-44(48-45)33-19-8-3-9-20-33/h1-2,4-6,10-12,14-17,19,21-25,27-28,34,36,40,42-43,45,47H,3,7-9,13,18,20,26,29-30H2,(H,46,48). The third-order valence-electron chi connectivity index (χ3n) is 11.6. The van der Waals surface area contributed by atoms with Crippen LogP contribution in [-0.2, 0) is 0 Å². The summed E-state index contributed by atoms with van der Waals surface area (Å²) in [4.78, 5) is 9.49. The highest BCUT2D eigenvalue weighted by Gasteiger charge is 2.40. The van der Waals surface area contributed by atoms with Gasteiger partial charge in [-0.1, -0.05) is 109 Å². The highest BCUT2D eigenvalue weighted by Crippen LogP contribution is 2.49. The molecule has 2 N–H and O–H groups in total. The minimum Gasteiger partial charge on any atom is -0.351 e. The van der Waals surface area contributed by atoms with Crippen LogP contribution in [0.4, 0.5) is 5.69 Å². The van der Waals surface area contributed by atoms with Gasteiger partial charge in [-0.15, -0.1) is 11.8 Å². The lowest BCUT2D eigenvalue weighted by Crippen LogP contribution is -2.57. The van der Waals surface area contributed by atoms with Crippen molar-refractivity contribution in [3.05, 3.63) is 155 Å². The fourth-order valence-corrected chi connectivity index (χ4v) is 10.3. The monoisotopic (exact) mass is 676 g/mol. The number of nitrogens with one attached hydrogen (secondary N) is 2. The maximum absolute atomic E-state index is 5.40. The molecule has 5 heteroatoms. The zero-order valence-corrected chi connectivity index (χ0v) is 29.7. The molecule has 2 heterocycles. The molecule has 0 radical (unpaired) electrons. The predicted octanol–water partition coefficient (Wildman–Crippen LogP) is 10.2. The SMILES string of the molecule is C1=CCCC(C2N=C(C3=CCCCC3)NC(C3=C(N4c5ccccc5SC5CCC=CC54)C=CC(C4=CC=CC(c5ccccc5)C4)C3)N2)=C1. The molecule has 2 aromatic rings. The van der Waals surface area contributed by atoms with Crippen molar-refractivity contribution >= 4 is 23.3 Å². The van der Waals surface area contributed by atoms with Crippen LogP contribution in [0.15, 0.2) is 159 Å². The number of amidine groups is 1. The highest BCUT2D eigenvalue weighted by atomic mass is 32.2. The Bertz CT molecular complexity index is 1890. The Morgan fingerprint density at radius 3 is 2.56 bits per heavy atom. The van der Waals surface area contributed by atoms with Crippen LogP contribution in [0.5, 0.6) is 0 Å². The molecule has 0 spiro atoms. The Kier molecular flexibility index (Phi) is 9.11. The Balaban J connectivity index is 1.13. The van der Waals surface area contributed by atoms with Gasteiger partial charge in [0.2, 0.25) is 0 Å². The summed E-state index contributed by atoms with van der Waals surface area (Å²) in [5, 5.41) is 8.66. The molecule has 0 bridgehead atoms. The molecule has 0 aromatic heterocycles. The normalized spacial score (nSPS) is 30.4. The Labute approximate surface area is 302 Å². The molecule has 0 fully saturated rings. The van der Waals surface area contributed by atoms with Gasteiger partial charge < -0.3 is 10.2 Å². The van der Waals surface area contributed by atoms with Crippen molar-refractivity contribution in [2.24, 2.45) is 10.9 Å². The fourth-order valence-electron chi connectivity index (χ4n) is 8.92. The lowest BCUT2D eigenvalue weighted by molar-refractivity contribution is 0.431. The second kappa shape index (κ2) is 14.3. The first-order chi connectivity index (χ1) is 24.8. The van der Waals surface area contributed by atoms with Gasteiger partial charge in [-0.25, -0.2) is 4.99 Å². The minimum atomic E-state index is -0.0343. The lowest BCUT2D eigenvalue weighted by Gasteiger charge is -2.47. The van der Waals surface area contributed by atoms with Crippen LogP contribution in [0, 0.1) is 5.92 Å². The van der Waals surface area contributed by atoms with E-state index in [4.69, 9.17) is 4.99 Å². The lowest BCUT2D eigenvalue weighted by atomic mass is 9.78. The molecule has 4 nitrogen and oxygen atoms in total. The number of para-hydroxylation sites is 1. The van der Waals surface area contributed by atoms with Gasteiger partial charge in [0, 0.05) is 27.7 Å². The van der Waals surface area contributed by atoms with E-state index in [1.807, 2.05) is 0 Å². The van der Waals surface area contributed by atoms with Crippen LogP contribution in [-0.4, -0.2) is 29.5 Å². The predicted molar refractivity (Wildman–Crippen MR) is 210 cm³/mol. The third kappa shape index (κ3) is 6.35. The molecule has 2 aromatic carbocycles. The average molecular weight is 677 g/mol. The van der Waals surface area contributed by atoms with Gasteiger partial charge in [-0.3, -0.25) is 5.32 Å². The Hall–Kier alpha value is -4.06. The molecule has 6 atom stereocenters. The third-order valence-corrected chi connectivity index (χ3v) is 13.0. The number of hydrogen-bond donors (Lipinski definition) is 2. The van der Waals surface area contributed by atoms with Gasteiger partial charge in [-0.2, -0.15) is 0 Å². The second-order valence-electron chi connectivity index (χ2n) is 14.7. The van der Waals surface area contributed by atoms with E-state index in [9.17, 15) is 0 Å². The van der Waals surface area contributed by atoms with Crippen LogP contribution in [0.2, 0.25) is 0 Å². The average Bonchev–Trinajstić information content (AvgIpc) is 3.20. The number of allylic oxidation sites excluding steroid dienone is 11. The van der Waals surface area contributed by atoms with Crippen molar-refractivity contribution in [2.75, 3.05) is 4.90 Å². The molecular weight excluding hydrogens is 629 g/mol. The van der Waals surface area contributed by atoms with E-state index < -0.39 is 0 Å². The summed E-state index contributed by atoms with van der Waals surface area (Å²) < 4.78 is 0. The first-order valence-electron chi connectivity index (χ1n) is 19.0. The van der Waals surface area contributed by atoms with E-state index in [0.29, 0.717) is 23.1 Å². The molecule has 2 aliphatic heterocycles. The molecule has 0 saturated heterocycles. The highest BCUT2D eigenvalue weighted by molar-refractivity contribution is 8.00. The molecule has 50 heavy (non-hydrogen) atoms. The quantitative estimate of drug-likeness (QED) is 0.299. The largest absolute Gasteiger partial charge is 0.351 e. The van der Waals surface area contributed by atoms with E-state index in [2.05, 4.69) is 149 Å². The van der Waals surface area contributed by atoms with Crippen LogP contribution < -0.4 is 15.5 Å². The number of nitrogens with zero attached hydrogens (tertiary/aromatic N) is 2. The molecule has 5 aliphatic carbocycles. The number of thioether (sulfide) groups is 1. The van der Waals surface area contributed by atoms with Crippen molar-refractivity contribution in [3.8, 4) is 0 Å². The van der Waals surface area contributed by atoms with Gasteiger partial charge in [0.05, 0.1) is 11.7 Å². The molecule has 7 aliphatic rings. The van der Waals surface area contributed by atoms with Crippen molar-refractivity contribution in [1.82, 2.24) is 10.6 Å². The van der Waals surface area contributed by atoms with E-state index in [-0.39, 0.29) is 12.3 Å². The summed E-state index contributed by atoms with van der Waals surface area (Å²) in [6, 6.07) is 20.5. The second-order valence-corrected chi connectivity index (χ2v) is 16.0. The van der Waals surface area contributed by atoms with Crippen LogP contribution >= 0.6 is 11.8 Å². The number of rotatable bonds is 6. The number of hydrogen-bond acceptors (Lipinski definition) is 5. The summed E-state index contributed by atoms with van der Waals surface area (Å²) in [5.74, 6) is 1.85. The first kappa shape index (κ1) is 31.9. The molecule has 0 saturated carbocycles. The van der Waals surface area contributed by atoms with E-state index in [1.165, 1.54) is 63.4 Å². The zero-order valence-electron chi connectivity index (χ0n) is 28.9. The molecular formula is C45H48N4S. The van der Waals surface area contributed by atoms with Gasteiger partial charge in [0.15, 0.2) is 0 Å². The summed E-state index contributed by atoms with van der Waals surface area (Å²) in [6.07, 6.45) is 37.5. The maximum Gasteiger partial charge on any atom is 0.127 e. The number of benzene rings is 2. The van der Waals surface area contributed by atoms with Crippen molar-refractivity contribution < 1.29 is 0 Å². The summed E-state index contributed by atoms with van der Waals surface area (Å²) >= 11 is 2.08. The van der Waals surface area contributed by atoms with Gasteiger partial charge in [0.25, 0.3) is 0 Å². The Morgan fingerprint density at radius 2 is 1.68 bits per heavy atom. The number of anilines is 1. The van der Waals surface area contributed by atoms with Gasteiger partial charge in [-0.05, 0) is 105 Å². The smallest absolute Gasteiger partial charge is 0.127 e. The summed E-state index contributed by atoms with van der Waals surface area (Å²) in [6.45, 7) is 0. The van der Waals surface area contributed by atoms with Crippen molar-refractivity contribution in [2.45, 2.75) is 98.6 Å². The molecule has 9 rings (SSSR count). The minimum absolute atomic E-state index is 0.0259. The number of fused-ring (bicyclic) bond motifs is 2. The number of aliphatic imine (C=N–C) groups is 1. The van der Waals surface area contributed by atoms with Crippen molar-refractivity contribution in [1.29, 1.82) is 0 Å². The van der Waals surface area contributed by atoms with Gasteiger partial charge in [0.1, 0.15) is 18.2 Å². The van der Waals surface area contributed by atoms with Gasteiger partial charge >= 0.3 is 0 Å². The summed E-state index contributed by atoms with van der Waals surface area (Å²) in [5.41, 5.74) is 9.84. The van der Waals surface area contributed by atoms with E-state index >= 15 is 0 Å². The molecule has 0 amide bonds. The zero-order chi connectivity index (χ0) is 33.3. The molecule has 6 unspecified atom stereocenters. The first-order valence-corrected chi connectivity index (χ1v) is 19.9. The van der Waals surface area contributed by atoms with E-state index in [0.717, 1.165) is 50.8 Å². The maximum atomic E-state index is 5.40. The van der Waals surface area contributed by atoms with E-state index in [1.54, 1.807) is 0 Å². The fraction of sp³-hybridized carbons (Fsp3) is 0.356. The van der Waals surface area contributed by atoms with Crippen LogP contribution in [0.25, 0.3) is 0 Å². The Morgan fingerprint density at radius 1 is 0.780 bits per heavy atom.